The van der Waals surface area contributed by atoms with E-state index in [0.717, 1.165) is 48.8 Å². The summed E-state index contributed by atoms with van der Waals surface area (Å²) in [5.41, 5.74) is 4.34. The molecule has 2 heterocycles. The molecule has 4 rings (SSSR count). The molecule has 32 heavy (non-hydrogen) atoms. The van der Waals surface area contributed by atoms with Gasteiger partial charge in [0, 0.05) is 45.0 Å². The highest BCUT2D eigenvalue weighted by Gasteiger charge is 2.21. The normalized spacial score (nSPS) is 13.7. The number of aromatic nitrogens is 2. The summed E-state index contributed by atoms with van der Waals surface area (Å²) in [6, 6.07) is 18.2. The minimum atomic E-state index is 0. The maximum Gasteiger partial charge on any atom is 0.227 e. The average molecular weight is 544 g/mol. The van der Waals surface area contributed by atoms with Crippen LogP contribution in [0.25, 0.3) is 5.69 Å². The van der Waals surface area contributed by atoms with E-state index >= 15 is 0 Å². The van der Waals surface area contributed by atoms with E-state index in [-0.39, 0.29) is 29.9 Å². The molecule has 1 fully saturated rings. The van der Waals surface area contributed by atoms with Gasteiger partial charge in [-0.15, -0.1) is 24.0 Å². The van der Waals surface area contributed by atoms with Crippen molar-refractivity contribution in [2.24, 2.45) is 4.99 Å². The average Bonchev–Trinajstić information content (AvgIpc) is 3.46. The Balaban J connectivity index is 0.00000289. The Labute approximate surface area is 205 Å². The molecule has 1 saturated heterocycles. The van der Waals surface area contributed by atoms with Gasteiger partial charge in [0.05, 0.1) is 11.9 Å². The molecule has 3 aromatic rings. The van der Waals surface area contributed by atoms with Crippen molar-refractivity contribution in [1.29, 1.82) is 0 Å². The van der Waals surface area contributed by atoms with E-state index in [0.29, 0.717) is 13.0 Å². The minimum absolute atomic E-state index is 0. The number of carbonyl (C=O) groups is 1. The molecule has 168 valence electrons. The van der Waals surface area contributed by atoms with Crippen LogP contribution >= 0.6 is 24.0 Å². The van der Waals surface area contributed by atoms with Crippen LogP contribution in [0, 0.1) is 0 Å². The van der Waals surface area contributed by atoms with Crippen molar-refractivity contribution in [2.45, 2.75) is 25.8 Å². The van der Waals surface area contributed by atoms with Crippen molar-refractivity contribution in [3.8, 4) is 5.69 Å². The lowest BCUT2D eigenvalue weighted by Gasteiger charge is -2.16. The maximum absolute atomic E-state index is 11.9. The quantitative estimate of drug-likeness (QED) is 0.271. The number of rotatable bonds is 7. The van der Waals surface area contributed by atoms with Gasteiger partial charge < -0.3 is 15.5 Å². The fraction of sp³-hybridized carbons (Fsp3) is 0.292. The number of guanidine groups is 1. The minimum Gasteiger partial charge on any atom is -0.356 e. The second-order valence-corrected chi connectivity index (χ2v) is 7.55. The number of amides is 1. The van der Waals surface area contributed by atoms with Crippen LogP contribution < -0.4 is 15.5 Å². The third-order valence-electron chi connectivity index (χ3n) is 5.37. The summed E-state index contributed by atoms with van der Waals surface area (Å²) in [7, 11) is 1.77. The van der Waals surface area contributed by atoms with Crippen molar-refractivity contribution in [1.82, 2.24) is 20.4 Å². The molecule has 0 saturated carbocycles. The molecule has 0 radical (unpaired) electrons. The first kappa shape index (κ1) is 23.8. The summed E-state index contributed by atoms with van der Waals surface area (Å²) >= 11 is 0. The fourth-order valence-corrected chi connectivity index (χ4v) is 3.66. The van der Waals surface area contributed by atoms with Crippen LogP contribution in [-0.4, -0.2) is 41.8 Å². The van der Waals surface area contributed by atoms with E-state index in [9.17, 15) is 4.79 Å². The van der Waals surface area contributed by atoms with Gasteiger partial charge in [0.1, 0.15) is 0 Å². The lowest BCUT2D eigenvalue weighted by atomic mass is 10.2. The number of nitrogens with zero attached hydrogens (tertiary/aromatic N) is 4. The number of hydrogen-bond donors (Lipinski definition) is 2. The lowest BCUT2D eigenvalue weighted by Crippen LogP contribution is -2.37. The molecule has 7 nitrogen and oxygen atoms in total. The Bertz CT molecular complexity index is 1030. The van der Waals surface area contributed by atoms with Crippen LogP contribution in [0.15, 0.2) is 72.0 Å². The first-order valence-corrected chi connectivity index (χ1v) is 10.7. The van der Waals surface area contributed by atoms with Gasteiger partial charge in [0.25, 0.3) is 0 Å². The maximum atomic E-state index is 11.9. The Hall–Kier alpha value is -2.88. The van der Waals surface area contributed by atoms with Gasteiger partial charge in [-0.05, 0) is 48.2 Å². The zero-order chi connectivity index (χ0) is 21.5. The molecule has 0 atom stereocenters. The summed E-state index contributed by atoms with van der Waals surface area (Å²) < 4.78 is 1.89. The standard InChI is InChI=1S/C24H28N6O.HI/c1-25-24(26-14-13-20-17-28-30(18-20)22-6-3-2-4-7-22)27-16-19-9-11-21(12-10-19)29-15-5-8-23(29)31;/h2-4,6-7,9-12,17-18H,5,8,13-16H2,1H3,(H2,25,26,27);1H. The molecule has 2 N–H and O–H groups in total. The molecule has 0 unspecified atom stereocenters. The first-order chi connectivity index (χ1) is 15.2. The lowest BCUT2D eigenvalue weighted by molar-refractivity contribution is -0.117. The van der Waals surface area contributed by atoms with Crippen LogP contribution in [-0.2, 0) is 17.8 Å². The van der Waals surface area contributed by atoms with Gasteiger partial charge in [0.15, 0.2) is 5.96 Å². The van der Waals surface area contributed by atoms with E-state index in [1.165, 1.54) is 5.56 Å². The van der Waals surface area contributed by atoms with Crippen LogP contribution in [0.2, 0.25) is 0 Å². The second kappa shape index (κ2) is 11.7. The molecule has 0 aliphatic carbocycles. The second-order valence-electron chi connectivity index (χ2n) is 7.55. The van der Waals surface area contributed by atoms with E-state index in [1.54, 1.807) is 7.05 Å². The largest absolute Gasteiger partial charge is 0.356 e. The van der Waals surface area contributed by atoms with Crippen molar-refractivity contribution in [2.75, 3.05) is 25.0 Å². The van der Waals surface area contributed by atoms with E-state index in [2.05, 4.69) is 39.1 Å². The number of aliphatic imine (C=N–C) groups is 1. The Morgan fingerprint density at radius 1 is 1.03 bits per heavy atom. The number of nitrogens with one attached hydrogen (secondary N) is 2. The summed E-state index contributed by atoms with van der Waals surface area (Å²) in [6.07, 6.45) is 6.40. The molecule has 2 aromatic carbocycles. The van der Waals surface area contributed by atoms with Crippen molar-refractivity contribution in [3.63, 3.8) is 0 Å². The first-order valence-electron chi connectivity index (χ1n) is 10.7. The molecule has 0 spiro atoms. The van der Waals surface area contributed by atoms with Crippen molar-refractivity contribution >= 4 is 41.5 Å². The van der Waals surface area contributed by atoms with Crippen LogP contribution in [0.1, 0.15) is 24.0 Å². The smallest absolute Gasteiger partial charge is 0.227 e. The van der Waals surface area contributed by atoms with Crippen LogP contribution in [0.3, 0.4) is 0 Å². The number of halogens is 1. The van der Waals surface area contributed by atoms with Gasteiger partial charge in [0.2, 0.25) is 5.91 Å². The predicted molar refractivity (Wildman–Crippen MR) is 139 cm³/mol. The summed E-state index contributed by atoms with van der Waals surface area (Å²) in [6.45, 7) is 2.24. The molecule has 0 bridgehead atoms. The Kier molecular flexibility index (Phi) is 8.66. The number of benzene rings is 2. The summed E-state index contributed by atoms with van der Waals surface area (Å²) in [5, 5.41) is 11.1. The van der Waals surface area contributed by atoms with Crippen LogP contribution in [0.4, 0.5) is 5.69 Å². The summed E-state index contributed by atoms with van der Waals surface area (Å²) in [4.78, 5) is 18.0. The topological polar surface area (TPSA) is 74.6 Å². The predicted octanol–water partition coefficient (Wildman–Crippen LogP) is 3.52. The zero-order valence-electron chi connectivity index (χ0n) is 18.2. The molecule has 1 amide bonds. The SMILES string of the molecule is CN=C(NCCc1cnn(-c2ccccc2)c1)NCc1ccc(N2CCCC2=O)cc1.I. The highest BCUT2D eigenvalue weighted by Crippen LogP contribution is 2.21. The third-order valence-corrected chi connectivity index (χ3v) is 5.37. The highest BCUT2D eigenvalue weighted by molar-refractivity contribution is 14.0. The number of para-hydroxylation sites is 1. The van der Waals surface area contributed by atoms with Gasteiger partial charge in [-0.2, -0.15) is 5.10 Å². The van der Waals surface area contributed by atoms with E-state index in [4.69, 9.17) is 0 Å². The van der Waals surface area contributed by atoms with E-state index < -0.39 is 0 Å². The molecular weight excluding hydrogens is 515 g/mol. The van der Waals surface area contributed by atoms with Crippen molar-refractivity contribution < 1.29 is 4.79 Å². The number of carbonyl (C=O) groups excluding carboxylic acids is 1. The molecule has 1 aliphatic heterocycles. The summed E-state index contributed by atoms with van der Waals surface area (Å²) in [5.74, 6) is 0.971. The fourth-order valence-electron chi connectivity index (χ4n) is 3.66. The van der Waals surface area contributed by atoms with Gasteiger partial charge in [-0.1, -0.05) is 30.3 Å². The monoisotopic (exact) mass is 544 g/mol. The van der Waals surface area contributed by atoms with Gasteiger partial charge in [-0.3, -0.25) is 9.79 Å². The van der Waals surface area contributed by atoms with E-state index in [1.807, 2.05) is 58.2 Å². The van der Waals surface area contributed by atoms with Crippen LogP contribution in [0.5, 0.6) is 0 Å². The zero-order valence-corrected chi connectivity index (χ0v) is 20.5. The molecule has 1 aliphatic rings. The molecular formula is C24H29IN6O. The number of anilines is 1. The molecule has 8 heteroatoms. The van der Waals surface area contributed by atoms with Gasteiger partial charge in [-0.25, -0.2) is 4.68 Å². The third kappa shape index (κ3) is 6.09. The molecule has 1 aromatic heterocycles. The Morgan fingerprint density at radius 3 is 2.50 bits per heavy atom. The van der Waals surface area contributed by atoms with Crippen molar-refractivity contribution in [3.05, 3.63) is 78.1 Å². The Morgan fingerprint density at radius 2 is 1.81 bits per heavy atom. The van der Waals surface area contributed by atoms with Gasteiger partial charge >= 0.3 is 0 Å². The number of hydrogen-bond acceptors (Lipinski definition) is 3. The highest BCUT2D eigenvalue weighted by atomic mass is 127.